The van der Waals surface area contributed by atoms with E-state index >= 15 is 0 Å². The largest absolute Gasteiger partial charge is 0.474 e. The van der Waals surface area contributed by atoms with Crippen LogP contribution in [0.2, 0.25) is 0 Å². The van der Waals surface area contributed by atoms with Crippen molar-refractivity contribution in [2.45, 2.75) is 51.9 Å². The van der Waals surface area contributed by atoms with E-state index in [0.29, 0.717) is 25.0 Å². The molecule has 28 heavy (non-hydrogen) atoms. The van der Waals surface area contributed by atoms with E-state index in [9.17, 15) is 0 Å². The molecule has 2 aromatic rings. The van der Waals surface area contributed by atoms with E-state index in [1.807, 2.05) is 36.4 Å². The third kappa shape index (κ3) is 5.96. The predicted octanol–water partition coefficient (Wildman–Crippen LogP) is 4.11. The lowest BCUT2D eigenvalue weighted by molar-refractivity contribution is 0.130. The molecule has 0 saturated heterocycles. The Kier molecular flexibility index (Phi) is 7.25. The summed E-state index contributed by atoms with van der Waals surface area (Å²) in [6.07, 6.45) is 6.68. The van der Waals surface area contributed by atoms with Crippen molar-refractivity contribution in [3.63, 3.8) is 0 Å². The number of aromatic nitrogens is 1. The van der Waals surface area contributed by atoms with E-state index in [1.165, 1.54) is 12.8 Å². The van der Waals surface area contributed by atoms with Gasteiger partial charge in [0.05, 0.1) is 13.2 Å². The van der Waals surface area contributed by atoms with Crippen molar-refractivity contribution in [2.75, 3.05) is 12.4 Å². The van der Waals surface area contributed by atoms with E-state index in [-0.39, 0.29) is 6.10 Å². The van der Waals surface area contributed by atoms with Gasteiger partial charge in [-0.15, -0.1) is 0 Å². The van der Waals surface area contributed by atoms with Gasteiger partial charge in [0.25, 0.3) is 0 Å². The summed E-state index contributed by atoms with van der Waals surface area (Å²) in [6, 6.07) is 11.8. The summed E-state index contributed by atoms with van der Waals surface area (Å²) >= 11 is 0. The Morgan fingerprint density at radius 2 is 2.00 bits per heavy atom. The van der Waals surface area contributed by atoms with Gasteiger partial charge in [-0.3, -0.25) is 0 Å². The van der Waals surface area contributed by atoms with Crippen molar-refractivity contribution in [2.24, 2.45) is 16.6 Å². The van der Waals surface area contributed by atoms with Crippen LogP contribution in [0.1, 0.15) is 43.7 Å². The quantitative estimate of drug-likeness (QED) is 0.556. The Balaban J connectivity index is 1.58. The van der Waals surface area contributed by atoms with E-state index in [0.717, 1.165) is 35.6 Å². The summed E-state index contributed by atoms with van der Waals surface area (Å²) in [5.41, 5.74) is 9.02. The second-order valence-electron chi connectivity index (χ2n) is 7.42. The summed E-state index contributed by atoms with van der Waals surface area (Å²) < 4.78 is 11.3. The highest BCUT2D eigenvalue weighted by Crippen LogP contribution is 2.26. The van der Waals surface area contributed by atoms with Gasteiger partial charge in [0.2, 0.25) is 5.88 Å². The number of rotatable bonds is 7. The van der Waals surface area contributed by atoms with Gasteiger partial charge in [-0.05, 0) is 49.3 Å². The Labute approximate surface area is 167 Å². The molecule has 0 radical (unpaired) electrons. The minimum atomic E-state index is 0.270. The van der Waals surface area contributed by atoms with Crippen molar-refractivity contribution in [1.82, 2.24) is 4.98 Å². The van der Waals surface area contributed by atoms with Crippen LogP contribution in [0.25, 0.3) is 0 Å². The van der Waals surface area contributed by atoms with Crippen molar-refractivity contribution >= 4 is 11.6 Å². The lowest BCUT2D eigenvalue weighted by Gasteiger charge is -2.26. The molecule has 1 saturated carbocycles. The third-order valence-corrected chi connectivity index (χ3v) is 5.06. The van der Waals surface area contributed by atoms with Gasteiger partial charge in [-0.1, -0.05) is 25.1 Å². The zero-order valence-electron chi connectivity index (χ0n) is 16.7. The summed E-state index contributed by atoms with van der Waals surface area (Å²) in [6.45, 7) is 3.28. The Hall–Kier alpha value is -2.60. The molecule has 0 unspecified atom stereocenters. The Morgan fingerprint density at radius 3 is 2.79 bits per heavy atom. The van der Waals surface area contributed by atoms with E-state index < -0.39 is 0 Å². The minimum absolute atomic E-state index is 0.270. The highest BCUT2D eigenvalue weighted by molar-refractivity contribution is 5.92. The number of hydrogen-bond donors (Lipinski definition) is 2. The monoisotopic (exact) mass is 382 g/mol. The normalized spacial score (nSPS) is 20.0. The number of aliphatic imine (C=N–C) groups is 1. The number of nitrogens with zero attached hydrogens (tertiary/aromatic N) is 2. The maximum Gasteiger partial charge on any atom is 0.213 e. The van der Waals surface area contributed by atoms with Gasteiger partial charge in [0.1, 0.15) is 6.10 Å². The second kappa shape index (κ2) is 10.1. The molecule has 1 fully saturated rings. The minimum Gasteiger partial charge on any atom is -0.474 e. The lowest BCUT2D eigenvalue weighted by Crippen LogP contribution is -2.24. The molecule has 0 spiro atoms. The molecule has 0 bridgehead atoms. The fourth-order valence-corrected chi connectivity index (χ4v) is 3.41. The lowest BCUT2D eigenvalue weighted by atomic mass is 9.89. The Bertz CT molecular complexity index is 786. The smallest absolute Gasteiger partial charge is 0.213 e. The van der Waals surface area contributed by atoms with Gasteiger partial charge in [-0.25, -0.2) is 9.98 Å². The number of anilines is 1. The summed E-state index contributed by atoms with van der Waals surface area (Å²) in [5.74, 6) is 1.84. The number of hydrogen-bond acceptors (Lipinski definition) is 4. The number of pyridine rings is 1. The first kappa shape index (κ1) is 20.1. The zero-order chi connectivity index (χ0) is 19.8. The fraction of sp³-hybridized carbons (Fsp3) is 0.455. The molecule has 1 aromatic carbocycles. The average Bonchev–Trinajstić information content (AvgIpc) is 2.70. The van der Waals surface area contributed by atoms with E-state index in [1.54, 1.807) is 13.3 Å². The molecule has 1 heterocycles. The molecular formula is C22H30N4O2. The van der Waals surface area contributed by atoms with Crippen molar-refractivity contribution < 1.29 is 9.47 Å². The maximum atomic E-state index is 6.07. The van der Waals surface area contributed by atoms with Crippen LogP contribution in [-0.4, -0.2) is 24.2 Å². The first-order valence-electron chi connectivity index (χ1n) is 9.89. The first-order chi connectivity index (χ1) is 13.6. The molecule has 1 aliphatic carbocycles. The van der Waals surface area contributed by atoms with Crippen LogP contribution in [0.15, 0.2) is 47.6 Å². The summed E-state index contributed by atoms with van der Waals surface area (Å²) in [4.78, 5) is 8.80. The second-order valence-corrected chi connectivity index (χ2v) is 7.42. The molecule has 6 heteroatoms. The molecule has 3 N–H and O–H groups in total. The Morgan fingerprint density at radius 1 is 1.21 bits per heavy atom. The first-order valence-corrected chi connectivity index (χ1v) is 9.89. The molecule has 0 aliphatic heterocycles. The number of benzene rings is 1. The molecular weight excluding hydrogens is 352 g/mol. The van der Waals surface area contributed by atoms with Crippen LogP contribution in [-0.2, 0) is 17.9 Å². The summed E-state index contributed by atoms with van der Waals surface area (Å²) in [7, 11) is 1.67. The van der Waals surface area contributed by atoms with Gasteiger partial charge in [0, 0.05) is 30.6 Å². The molecule has 3 rings (SSSR count). The van der Waals surface area contributed by atoms with Gasteiger partial charge >= 0.3 is 0 Å². The van der Waals surface area contributed by atoms with Crippen LogP contribution in [0.3, 0.4) is 0 Å². The molecule has 0 amide bonds. The molecule has 0 atom stereocenters. The van der Waals surface area contributed by atoms with Crippen LogP contribution in [0.4, 0.5) is 5.69 Å². The average molecular weight is 383 g/mol. The number of guanidine groups is 1. The van der Waals surface area contributed by atoms with Crippen LogP contribution >= 0.6 is 0 Å². The number of para-hydroxylation sites is 1. The SMILES string of the molecule is COCc1ccccc1NC(N)=NCc1ccnc(OC2CCC(C)CC2)c1. The molecule has 6 nitrogen and oxygen atoms in total. The maximum absolute atomic E-state index is 6.07. The van der Waals surface area contributed by atoms with E-state index in [2.05, 4.69) is 22.2 Å². The highest BCUT2D eigenvalue weighted by Gasteiger charge is 2.19. The van der Waals surface area contributed by atoms with Gasteiger partial charge in [-0.2, -0.15) is 0 Å². The van der Waals surface area contributed by atoms with Gasteiger partial charge < -0.3 is 20.5 Å². The summed E-state index contributed by atoms with van der Waals surface area (Å²) in [5, 5.41) is 3.15. The highest BCUT2D eigenvalue weighted by atomic mass is 16.5. The topological polar surface area (TPSA) is 81.8 Å². The molecule has 1 aromatic heterocycles. The van der Waals surface area contributed by atoms with Gasteiger partial charge in [0.15, 0.2) is 5.96 Å². The number of ether oxygens (including phenoxy) is 2. The third-order valence-electron chi connectivity index (χ3n) is 5.06. The van der Waals surface area contributed by atoms with Crippen molar-refractivity contribution in [1.29, 1.82) is 0 Å². The van der Waals surface area contributed by atoms with Crippen molar-refractivity contribution in [3.05, 3.63) is 53.7 Å². The fourth-order valence-electron chi connectivity index (χ4n) is 3.41. The van der Waals surface area contributed by atoms with Crippen molar-refractivity contribution in [3.8, 4) is 5.88 Å². The number of methoxy groups -OCH3 is 1. The van der Waals surface area contributed by atoms with Crippen LogP contribution in [0, 0.1) is 5.92 Å². The van der Waals surface area contributed by atoms with Crippen LogP contribution in [0.5, 0.6) is 5.88 Å². The molecule has 150 valence electrons. The number of nitrogens with two attached hydrogens (primary N) is 1. The van der Waals surface area contributed by atoms with Crippen LogP contribution < -0.4 is 15.8 Å². The standard InChI is InChI=1S/C22H30N4O2/c1-16-7-9-19(10-8-16)28-21-13-17(11-12-24-21)14-25-22(23)26-20-6-4-3-5-18(20)15-27-2/h3-6,11-13,16,19H,7-10,14-15H2,1-2H3,(H3,23,25,26). The predicted molar refractivity (Wildman–Crippen MR) is 112 cm³/mol. The van der Waals surface area contributed by atoms with E-state index in [4.69, 9.17) is 15.2 Å². The zero-order valence-corrected chi connectivity index (χ0v) is 16.7. The molecule has 1 aliphatic rings. The number of nitrogens with one attached hydrogen (secondary N) is 1.